The summed E-state index contributed by atoms with van der Waals surface area (Å²) in [6.45, 7) is 2.33. The van der Waals surface area contributed by atoms with E-state index in [0.29, 0.717) is 6.61 Å². The van der Waals surface area contributed by atoms with Crippen LogP contribution in [0.1, 0.15) is 24.8 Å². The van der Waals surface area contributed by atoms with Crippen LogP contribution in [-0.4, -0.2) is 31.9 Å². The Balaban J connectivity index is 2.09. The zero-order chi connectivity index (χ0) is 12.3. The van der Waals surface area contributed by atoms with E-state index < -0.39 is 0 Å². The van der Waals surface area contributed by atoms with Gasteiger partial charge in [-0.25, -0.2) is 0 Å². The summed E-state index contributed by atoms with van der Waals surface area (Å²) in [5.74, 6) is 0.922. The van der Waals surface area contributed by atoms with Crippen LogP contribution in [0.5, 0.6) is 5.75 Å². The molecular weight excluding hydrogens is 214 g/mol. The largest absolute Gasteiger partial charge is 0.497 e. The molecule has 0 bridgehead atoms. The Kier molecular flexibility index (Phi) is 7.43. The van der Waals surface area contributed by atoms with E-state index in [9.17, 15) is 0 Å². The SMILES string of the molecule is COc1cccc(CCNCCCCCO)c1. The summed E-state index contributed by atoms with van der Waals surface area (Å²) >= 11 is 0. The average Bonchev–Trinajstić information content (AvgIpc) is 2.38. The van der Waals surface area contributed by atoms with Crippen LogP contribution in [0.4, 0.5) is 0 Å². The van der Waals surface area contributed by atoms with Gasteiger partial charge in [-0.1, -0.05) is 12.1 Å². The summed E-state index contributed by atoms with van der Waals surface area (Å²) in [5.41, 5.74) is 1.30. The van der Waals surface area contributed by atoms with Crippen molar-refractivity contribution in [2.24, 2.45) is 0 Å². The lowest BCUT2D eigenvalue weighted by molar-refractivity contribution is 0.283. The van der Waals surface area contributed by atoms with Gasteiger partial charge in [-0.15, -0.1) is 0 Å². The summed E-state index contributed by atoms with van der Waals surface area (Å²) < 4.78 is 5.18. The highest BCUT2D eigenvalue weighted by Gasteiger charge is 1.95. The van der Waals surface area contributed by atoms with Crippen molar-refractivity contribution < 1.29 is 9.84 Å². The van der Waals surface area contributed by atoms with Gasteiger partial charge in [0.2, 0.25) is 0 Å². The maximum absolute atomic E-state index is 8.63. The molecule has 17 heavy (non-hydrogen) atoms. The molecule has 0 fully saturated rings. The fraction of sp³-hybridized carbons (Fsp3) is 0.571. The zero-order valence-corrected chi connectivity index (χ0v) is 10.6. The maximum Gasteiger partial charge on any atom is 0.119 e. The van der Waals surface area contributed by atoms with Gasteiger partial charge in [-0.2, -0.15) is 0 Å². The molecule has 2 N–H and O–H groups in total. The summed E-state index contributed by atoms with van der Waals surface area (Å²) in [6.07, 6.45) is 4.18. The molecule has 1 aromatic carbocycles. The van der Waals surface area contributed by atoms with Crippen LogP contribution in [0.15, 0.2) is 24.3 Å². The van der Waals surface area contributed by atoms with Crippen LogP contribution in [0.3, 0.4) is 0 Å². The number of aliphatic hydroxyl groups excluding tert-OH is 1. The second kappa shape index (κ2) is 9.02. The molecule has 0 radical (unpaired) electrons. The molecule has 0 aliphatic rings. The Bertz CT molecular complexity index is 302. The minimum absolute atomic E-state index is 0.309. The number of ether oxygens (including phenoxy) is 1. The number of unbranched alkanes of at least 4 members (excludes halogenated alkanes) is 2. The van der Waals surface area contributed by atoms with Crippen molar-refractivity contribution in [3.8, 4) is 5.75 Å². The van der Waals surface area contributed by atoms with Crippen LogP contribution in [0.25, 0.3) is 0 Å². The van der Waals surface area contributed by atoms with E-state index in [1.54, 1.807) is 7.11 Å². The van der Waals surface area contributed by atoms with Gasteiger partial charge in [0.25, 0.3) is 0 Å². The second-order valence-electron chi connectivity index (χ2n) is 4.14. The predicted octanol–water partition coefficient (Wildman–Crippen LogP) is 1.99. The minimum atomic E-state index is 0.309. The van der Waals surface area contributed by atoms with E-state index in [2.05, 4.69) is 17.4 Å². The number of benzene rings is 1. The Labute approximate surface area is 104 Å². The summed E-state index contributed by atoms with van der Waals surface area (Å²) in [6, 6.07) is 8.19. The molecule has 3 heteroatoms. The maximum atomic E-state index is 8.63. The molecule has 3 nitrogen and oxygen atoms in total. The third kappa shape index (κ3) is 6.29. The van der Waals surface area contributed by atoms with Gasteiger partial charge in [-0.3, -0.25) is 0 Å². The second-order valence-corrected chi connectivity index (χ2v) is 4.14. The lowest BCUT2D eigenvalue weighted by atomic mass is 10.1. The molecule has 0 spiro atoms. The van der Waals surface area contributed by atoms with Crippen molar-refractivity contribution in [1.29, 1.82) is 0 Å². The van der Waals surface area contributed by atoms with Gasteiger partial charge >= 0.3 is 0 Å². The zero-order valence-electron chi connectivity index (χ0n) is 10.6. The topological polar surface area (TPSA) is 41.5 Å². The van der Waals surface area contributed by atoms with Gasteiger partial charge in [0.1, 0.15) is 5.75 Å². The molecule has 1 aromatic rings. The first-order valence-electron chi connectivity index (χ1n) is 6.31. The van der Waals surface area contributed by atoms with E-state index in [4.69, 9.17) is 9.84 Å². The number of hydrogen-bond donors (Lipinski definition) is 2. The number of hydrogen-bond acceptors (Lipinski definition) is 3. The summed E-state index contributed by atoms with van der Waals surface area (Å²) in [4.78, 5) is 0. The lowest BCUT2D eigenvalue weighted by Crippen LogP contribution is -2.18. The number of rotatable bonds is 9. The molecule has 0 aliphatic carbocycles. The lowest BCUT2D eigenvalue weighted by Gasteiger charge is -2.06. The number of methoxy groups -OCH3 is 1. The number of nitrogens with one attached hydrogen (secondary N) is 1. The first kappa shape index (κ1) is 14.0. The van der Waals surface area contributed by atoms with E-state index in [-0.39, 0.29) is 0 Å². The van der Waals surface area contributed by atoms with Crippen LogP contribution in [-0.2, 0) is 6.42 Å². The summed E-state index contributed by atoms with van der Waals surface area (Å²) in [5, 5.41) is 12.0. The Morgan fingerprint density at radius 2 is 2.06 bits per heavy atom. The third-order valence-corrected chi connectivity index (χ3v) is 2.74. The molecule has 96 valence electrons. The highest BCUT2D eigenvalue weighted by molar-refractivity contribution is 5.28. The van der Waals surface area contributed by atoms with Gasteiger partial charge in [0.05, 0.1) is 7.11 Å². The average molecular weight is 237 g/mol. The standard InChI is InChI=1S/C14H23NO2/c1-17-14-7-5-6-13(12-14)8-10-15-9-3-2-4-11-16/h5-7,12,15-16H,2-4,8-11H2,1H3. The van der Waals surface area contributed by atoms with Crippen LogP contribution in [0.2, 0.25) is 0 Å². The van der Waals surface area contributed by atoms with Crippen LogP contribution < -0.4 is 10.1 Å². The predicted molar refractivity (Wildman–Crippen MR) is 70.5 cm³/mol. The molecule has 0 amide bonds. The van der Waals surface area contributed by atoms with E-state index in [1.807, 2.05) is 12.1 Å². The first-order valence-corrected chi connectivity index (χ1v) is 6.31. The van der Waals surface area contributed by atoms with Crippen molar-refractivity contribution in [2.75, 3.05) is 26.8 Å². The molecule has 0 heterocycles. The van der Waals surface area contributed by atoms with Crippen molar-refractivity contribution in [2.45, 2.75) is 25.7 Å². The van der Waals surface area contributed by atoms with Crippen molar-refractivity contribution in [3.63, 3.8) is 0 Å². The van der Waals surface area contributed by atoms with E-state index >= 15 is 0 Å². The van der Waals surface area contributed by atoms with Gasteiger partial charge in [0, 0.05) is 6.61 Å². The Morgan fingerprint density at radius 1 is 1.18 bits per heavy atom. The Morgan fingerprint density at radius 3 is 2.82 bits per heavy atom. The summed E-state index contributed by atoms with van der Waals surface area (Å²) in [7, 11) is 1.69. The highest BCUT2D eigenvalue weighted by Crippen LogP contribution is 2.12. The van der Waals surface area contributed by atoms with E-state index in [1.165, 1.54) is 5.56 Å². The smallest absolute Gasteiger partial charge is 0.119 e. The molecule has 0 aromatic heterocycles. The molecule has 0 saturated carbocycles. The minimum Gasteiger partial charge on any atom is -0.497 e. The van der Waals surface area contributed by atoms with Crippen LogP contribution >= 0.6 is 0 Å². The molecule has 0 unspecified atom stereocenters. The fourth-order valence-corrected chi connectivity index (χ4v) is 1.72. The fourth-order valence-electron chi connectivity index (χ4n) is 1.72. The monoisotopic (exact) mass is 237 g/mol. The quantitative estimate of drug-likeness (QED) is 0.645. The highest BCUT2D eigenvalue weighted by atomic mass is 16.5. The van der Waals surface area contributed by atoms with Crippen molar-refractivity contribution >= 4 is 0 Å². The third-order valence-electron chi connectivity index (χ3n) is 2.74. The Hall–Kier alpha value is -1.06. The number of aliphatic hydroxyl groups is 1. The van der Waals surface area contributed by atoms with Gasteiger partial charge < -0.3 is 15.2 Å². The molecule has 0 atom stereocenters. The molecule has 0 aliphatic heterocycles. The first-order chi connectivity index (χ1) is 8.36. The van der Waals surface area contributed by atoms with Crippen molar-refractivity contribution in [1.82, 2.24) is 5.32 Å². The normalized spacial score (nSPS) is 10.5. The van der Waals surface area contributed by atoms with Gasteiger partial charge in [0.15, 0.2) is 0 Å². The molecule has 1 rings (SSSR count). The van der Waals surface area contributed by atoms with Gasteiger partial charge in [-0.05, 0) is 56.5 Å². The molecule has 0 saturated heterocycles. The van der Waals surface area contributed by atoms with Crippen molar-refractivity contribution in [3.05, 3.63) is 29.8 Å². The molecular formula is C14H23NO2. The van der Waals surface area contributed by atoms with E-state index in [0.717, 1.165) is 44.5 Å². The van der Waals surface area contributed by atoms with Crippen LogP contribution in [0, 0.1) is 0 Å².